The maximum absolute atomic E-state index is 11.5. The first-order valence-electron chi connectivity index (χ1n) is 7.94. The zero-order chi connectivity index (χ0) is 16.2. The van der Waals surface area contributed by atoms with E-state index in [1.807, 2.05) is 6.92 Å². The monoisotopic (exact) mass is 304 g/mol. The molecule has 0 aromatic heterocycles. The van der Waals surface area contributed by atoms with Crippen LogP contribution < -0.4 is 4.74 Å². The molecular weight excluding hydrogens is 280 g/mol. The van der Waals surface area contributed by atoms with Crippen molar-refractivity contribution in [3.8, 4) is 11.5 Å². The van der Waals surface area contributed by atoms with Gasteiger partial charge in [-0.1, -0.05) is 32.6 Å². The Morgan fingerprint density at radius 1 is 1.23 bits per heavy atom. The molecule has 1 atom stereocenters. The van der Waals surface area contributed by atoms with Gasteiger partial charge >= 0.3 is 5.97 Å². The first-order valence-corrected chi connectivity index (χ1v) is 7.94. The van der Waals surface area contributed by atoms with Crippen molar-refractivity contribution in [2.45, 2.75) is 58.0 Å². The lowest BCUT2D eigenvalue weighted by Crippen LogP contribution is -2.34. The summed E-state index contributed by atoms with van der Waals surface area (Å²) in [6, 6.07) is 4.55. The van der Waals surface area contributed by atoms with Crippen LogP contribution in [0.2, 0.25) is 0 Å². The number of hydrogen-bond acceptors (Lipinski definition) is 3. The number of hydrogen-bond donors (Lipinski definition) is 2. The van der Waals surface area contributed by atoms with Crippen molar-refractivity contribution >= 4 is 11.5 Å². The molecule has 0 amide bonds. The number of carbonyl (C=O) groups is 1. The minimum atomic E-state index is -0.965. The molecule has 1 aliphatic heterocycles. The Labute approximate surface area is 131 Å². The van der Waals surface area contributed by atoms with Gasteiger partial charge in [-0.2, -0.15) is 0 Å². The summed E-state index contributed by atoms with van der Waals surface area (Å²) in [6.45, 7) is 4.08. The largest absolute Gasteiger partial charge is 0.508 e. The lowest BCUT2D eigenvalue weighted by atomic mass is 9.89. The van der Waals surface area contributed by atoms with E-state index in [1.54, 1.807) is 12.1 Å². The fraction of sp³-hybridized carbons (Fsp3) is 0.500. The number of ether oxygens (including phenoxy) is 1. The maximum Gasteiger partial charge on any atom is 0.336 e. The van der Waals surface area contributed by atoms with Crippen molar-refractivity contribution in [1.82, 2.24) is 0 Å². The number of phenolic OH excluding ortho intramolecular Hbond substituents is 1. The van der Waals surface area contributed by atoms with Crippen molar-refractivity contribution in [2.75, 3.05) is 0 Å². The molecule has 0 saturated carbocycles. The maximum atomic E-state index is 11.5. The molecule has 0 aliphatic carbocycles. The standard InChI is InChI=1S/C18H24O4/c1-3-4-5-6-7-10-18(2)12-15(17(20)21)14-9-8-13(19)11-16(14)22-18/h8-9,11-12,19H,3-7,10H2,1-2H3,(H,20,21). The van der Waals surface area contributed by atoms with Crippen LogP contribution in [0.25, 0.3) is 5.57 Å². The van der Waals surface area contributed by atoms with Crippen LogP contribution >= 0.6 is 0 Å². The second kappa shape index (κ2) is 6.86. The number of aromatic hydroxyl groups is 1. The number of benzene rings is 1. The van der Waals surface area contributed by atoms with Crippen LogP contribution in [0.1, 0.15) is 57.9 Å². The Morgan fingerprint density at radius 3 is 2.64 bits per heavy atom. The molecule has 22 heavy (non-hydrogen) atoms. The summed E-state index contributed by atoms with van der Waals surface area (Å²) < 4.78 is 5.99. The second-order valence-corrected chi connectivity index (χ2v) is 6.12. The van der Waals surface area contributed by atoms with Crippen molar-refractivity contribution in [2.24, 2.45) is 0 Å². The van der Waals surface area contributed by atoms with Gasteiger partial charge in [0.15, 0.2) is 0 Å². The normalized spacial score (nSPS) is 20.0. The lowest BCUT2D eigenvalue weighted by molar-refractivity contribution is -0.130. The molecule has 1 unspecified atom stereocenters. The quantitative estimate of drug-likeness (QED) is 0.734. The summed E-state index contributed by atoms with van der Waals surface area (Å²) in [5.74, 6) is -0.445. The zero-order valence-electron chi connectivity index (χ0n) is 13.3. The fourth-order valence-electron chi connectivity index (χ4n) is 2.86. The van der Waals surface area contributed by atoms with Gasteiger partial charge in [-0.15, -0.1) is 0 Å². The molecular formula is C18H24O4. The van der Waals surface area contributed by atoms with Crippen molar-refractivity contribution in [1.29, 1.82) is 0 Å². The Balaban J connectivity index is 2.16. The predicted octanol–water partition coefficient (Wildman–Crippen LogP) is 4.37. The average molecular weight is 304 g/mol. The van der Waals surface area contributed by atoms with Crippen LogP contribution in [-0.4, -0.2) is 21.8 Å². The zero-order valence-corrected chi connectivity index (χ0v) is 13.3. The molecule has 0 radical (unpaired) electrons. The van der Waals surface area contributed by atoms with E-state index >= 15 is 0 Å². The summed E-state index contributed by atoms with van der Waals surface area (Å²) in [4.78, 5) is 11.5. The summed E-state index contributed by atoms with van der Waals surface area (Å²) in [5, 5.41) is 19.1. The van der Waals surface area contributed by atoms with Gasteiger partial charge in [0.05, 0.1) is 5.57 Å². The molecule has 2 N–H and O–H groups in total. The molecule has 4 heteroatoms. The highest BCUT2D eigenvalue weighted by Gasteiger charge is 2.33. The highest BCUT2D eigenvalue weighted by Crippen LogP contribution is 2.40. The SMILES string of the molecule is CCCCCCCC1(C)C=C(C(=O)O)c2ccc(O)cc2O1. The van der Waals surface area contributed by atoms with Gasteiger partial charge in [0.2, 0.25) is 0 Å². The van der Waals surface area contributed by atoms with Crippen LogP contribution in [0.4, 0.5) is 0 Å². The molecule has 1 heterocycles. The van der Waals surface area contributed by atoms with Gasteiger partial charge in [0.25, 0.3) is 0 Å². The number of unbranched alkanes of at least 4 members (excludes halogenated alkanes) is 4. The van der Waals surface area contributed by atoms with Crippen molar-refractivity contribution in [3.63, 3.8) is 0 Å². The van der Waals surface area contributed by atoms with Gasteiger partial charge < -0.3 is 14.9 Å². The fourth-order valence-corrected chi connectivity index (χ4v) is 2.86. The Kier molecular flexibility index (Phi) is 5.11. The highest BCUT2D eigenvalue weighted by atomic mass is 16.5. The first-order chi connectivity index (χ1) is 10.4. The average Bonchev–Trinajstić information content (AvgIpc) is 2.45. The van der Waals surface area contributed by atoms with Gasteiger partial charge in [-0.25, -0.2) is 4.79 Å². The molecule has 120 valence electrons. The van der Waals surface area contributed by atoms with E-state index in [0.717, 1.165) is 19.3 Å². The van der Waals surface area contributed by atoms with E-state index in [4.69, 9.17) is 4.74 Å². The van der Waals surface area contributed by atoms with Gasteiger partial charge in [0, 0.05) is 11.6 Å². The molecule has 1 aliphatic rings. The summed E-state index contributed by atoms with van der Waals surface area (Å²) >= 11 is 0. The van der Waals surface area contributed by atoms with E-state index in [1.165, 1.54) is 31.4 Å². The minimum absolute atomic E-state index is 0.0793. The second-order valence-electron chi connectivity index (χ2n) is 6.12. The molecule has 1 aromatic rings. The van der Waals surface area contributed by atoms with E-state index in [9.17, 15) is 15.0 Å². The smallest absolute Gasteiger partial charge is 0.336 e. The number of aliphatic carboxylic acids is 1. The minimum Gasteiger partial charge on any atom is -0.508 e. The molecule has 0 fully saturated rings. The van der Waals surface area contributed by atoms with E-state index in [-0.39, 0.29) is 11.3 Å². The Morgan fingerprint density at radius 2 is 1.95 bits per heavy atom. The highest BCUT2D eigenvalue weighted by molar-refractivity contribution is 6.16. The molecule has 0 saturated heterocycles. The summed E-state index contributed by atoms with van der Waals surface area (Å²) in [6.07, 6.45) is 8.20. The third-order valence-electron chi connectivity index (χ3n) is 4.06. The van der Waals surface area contributed by atoms with E-state index in [0.29, 0.717) is 11.3 Å². The van der Waals surface area contributed by atoms with E-state index in [2.05, 4.69) is 6.92 Å². The van der Waals surface area contributed by atoms with Crippen LogP contribution in [-0.2, 0) is 4.79 Å². The van der Waals surface area contributed by atoms with Crippen LogP contribution in [0.5, 0.6) is 11.5 Å². The summed E-state index contributed by atoms with van der Waals surface area (Å²) in [5.41, 5.74) is 0.131. The van der Waals surface area contributed by atoms with Gasteiger partial charge in [-0.3, -0.25) is 0 Å². The number of carboxylic acid groups (broad SMARTS) is 1. The van der Waals surface area contributed by atoms with Gasteiger partial charge in [0.1, 0.15) is 17.1 Å². The molecule has 0 spiro atoms. The molecule has 0 bridgehead atoms. The topological polar surface area (TPSA) is 66.8 Å². The summed E-state index contributed by atoms with van der Waals surface area (Å²) in [7, 11) is 0. The Hall–Kier alpha value is -1.97. The molecule has 4 nitrogen and oxygen atoms in total. The third-order valence-corrected chi connectivity index (χ3v) is 4.06. The predicted molar refractivity (Wildman–Crippen MR) is 86.1 cm³/mol. The number of rotatable bonds is 7. The van der Waals surface area contributed by atoms with Crippen LogP contribution in [0, 0.1) is 0 Å². The van der Waals surface area contributed by atoms with Crippen LogP contribution in [0.15, 0.2) is 24.3 Å². The van der Waals surface area contributed by atoms with E-state index < -0.39 is 11.6 Å². The number of fused-ring (bicyclic) bond motifs is 1. The van der Waals surface area contributed by atoms with Crippen LogP contribution in [0.3, 0.4) is 0 Å². The third kappa shape index (κ3) is 3.81. The number of phenols is 1. The number of carboxylic acids is 1. The molecule has 2 rings (SSSR count). The van der Waals surface area contributed by atoms with Crippen molar-refractivity contribution in [3.05, 3.63) is 29.8 Å². The first kappa shape index (κ1) is 16.4. The Bertz CT molecular complexity index is 576. The van der Waals surface area contributed by atoms with Gasteiger partial charge in [-0.05, 0) is 38.0 Å². The molecule has 1 aromatic carbocycles. The van der Waals surface area contributed by atoms with Crippen molar-refractivity contribution < 1.29 is 19.7 Å². The lowest BCUT2D eigenvalue weighted by Gasteiger charge is -2.33.